The lowest BCUT2D eigenvalue weighted by Gasteiger charge is -2.02. The average molecular weight is 213 g/mol. The van der Waals surface area contributed by atoms with Crippen LogP contribution in [0.3, 0.4) is 0 Å². The molecular formula is C11H19NO3. The number of hydrogen-bond donors (Lipinski definition) is 2. The summed E-state index contributed by atoms with van der Waals surface area (Å²) in [6, 6.07) is 0.209. The van der Waals surface area contributed by atoms with Gasteiger partial charge in [-0.25, -0.2) is 4.79 Å². The van der Waals surface area contributed by atoms with Crippen molar-refractivity contribution in [3.8, 4) is 0 Å². The quantitative estimate of drug-likeness (QED) is 0.702. The summed E-state index contributed by atoms with van der Waals surface area (Å²) in [5.41, 5.74) is 0.389. The fourth-order valence-electron chi connectivity index (χ4n) is 0.467. The molecule has 4 heteroatoms. The van der Waals surface area contributed by atoms with Crippen molar-refractivity contribution in [3.63, 3.8) is 0 Å². The molecule has 0 aromatic rings. The number of hydrogen-bond acceptors (Lipinski definition) is 2. The third kappa shape index (κ3) is 12.4. The lowest BCUT2D eigenvalue weighted by Crippen LogP contribution is -2.27. The number of allylic oxidation sites excluding steroid dienone is 1. The van der Waals surface area contributed by atoms with Gasteiger partial charge >= 0.3 is 5.97 Å². The Labute approximate surface area is 90.7 Å². The van der Waals surface area contributed by atoms with Crippen LogP contribution in [0.15, 0.2) is 24.3 Å². The van der Waals surface area contributed by atoms with Crippen LogP contribution in [0, 0.1) is 0 Å². The molecule has 2 N–H and O–H groups in total. The Bertz CT molecular complexity index is 255. The van der Waals surface area contributed by atoms with Gasteiger partial charge in [-0.2, -0.15) is 0 Å². The van der Waals surface area contributed by atoms with Crippen LogP contribution in [0.2, 0.25) is 0 Å². The van der Waals surface area contributed by atoms with Crippen molar-refractivity contribution in [1.29, 1.82) is 0 Å². The van der Waals surface area contributed by atoms with Gasteiger partial charge in [-0.15, -0.1) is 0 Å². The molecule has 0 radical (unpaired) electrons. The van der Waals surface area contributed by atoms with E-state index in [0.29, 0.717) is 5.57 Å². The Morgan fingerprint density at radius 3 is 1.93 bits per heavy atom. The van der Waals surface area contributed by atoms with Crippen LogP contribution < -0.4 is 5.32 Å². The Balaban J connectivity index is 0. The van der Waals surface area contributed by atoms with Crippen molar-refractivity contribution in [2.24, 2.45) is 0 Å². The van der Waals surface area contributed by atoms with Crippen LogP contribution in [-0.2, 0) is 9.59 Å². The molecule has 0 heterocycles. The minimum absolute atomic E-state index is 0.111. The molecule has 0 spiro atoms. The molecule has 86 valence electrons. The molecule has 0 aliphatic rings. The van der Waals surface area contributed by atoms with Gasteiger partial charge in [-0.1, -0.05) is 12.7 Å². The molecule has 0 aromatic heterocycles. The lowest BCUT2D eigenvalue weighted by molar-refractivity contribution is -0.132. The monoisotopic (exact) mass is 213 g/mol. The Kier molecular flexibility index (Phi) is 9.52. The van der Waals surface area contributed by atoms with Crippen molar-refractivity contribution in [1.82, 2.24) is 5.32 Å². The fraction of sp³-hybridized carbons (Fsp3) is 0.455. The van der Waals surface area contributed by atoms with Crippen LogP contribution in [0.4, 0.5) is 0 Å². The molecule has 0 rings (SSSR count). The minimum atomic E-state index is -0.845. The highest BCUT2D eigenvalue weighted by Crippen LogP contribution is 1.87. The third-order valence-corrected chi connectivity index (χ3v) is 1.39. The van der Waals surface area contributed by atoms with E-state index in [0.717, 1.165) is 0 Å². The number of nitrogens with one attached hydrogen (secondary N) is 1. The fourth-order valence-corrected chi connectivity index (χ4v) is 0.467. The maximum Gasteiger partial charge on any atom is 0.330 e. The summed E-state index contributed by atoms with van der Waals surface area (Å²) >= 11 is 0. The van der Waals surface area contributed by atoms with Crippen molar-refractivity contribution in [3.05, 3.63) is 24.3 Å². The molecule has 0 aliphatic heterocycles. The molecule has 0 atom stereocenters. The second kappa shape index (κ2) is 8.99. The normalized spacial score (nSPS) is 10.1. The van der Waals surface area contributed by atoms with Crippen LogP contribution in [0.5, 0.6) is 0 Å². The molecule has 0 aromatic carbocycles. The van der Waals surface area contributed by atoms with Crippen molar-refractivity contribution in [2.45, 2.75) is 33.7 Å². The van der Waals surface area contributed by atoms with Gasteiger partial charge < -0.3 is 10.4 Å². The van der Waals surface area contributed by atoms with E-state index in [1.807, 2.05) is 13.8 Å². The molecule has 0 aliphatic carbocycles. The first kappa shape index (κ1) is 15.9. The van der Waals surface area contributed by atoms with Gasteiger partial charge in [0, 0.05) is 11.6 Å². The smallest absolute Gasteiger partial charge is 0.330 e. The van der Waals surface area contributed by atoms with Gasteiger partial charge in [0.25, 0.3) is 0 Å². The third-order valence-electron chi connectivity index (χ3n) is 1.39. The molecule has 15 heavy (non-hydrogen) atoms. The number of carbonyl (C=O) groups excluding carboxylic acids is 1. The molecular weight excluding hydrogens is 194 g/mol. The van der Waals surface area contributed by atoms with E-state index >= 15 is 0 Å². The zero-order valence-corrected chi connectivity index (χ0v) is 9.70. The zero-order chi connectivity index (χ0) is 12.4. The summed E-state index contributed by atoms with van der Waals surface area (Å²) in [5.74, 6) is -0.956. The molecule has 0 fully saturated rings. The minimum Gasteiger partial charge on any atom is -0.478 e. The number of carbonyl (C=O) groups is 2. The van der Waals surface area contributed by atoms with Crippen LogP contribution in [0.25, 0.3) is 0 Å². The number of rotatable bonds is 3. The number of carboxylic acid groups (broad SMARTS) is 1. The number of amides is 1. The number of aliphatic carboxylic acids is 1. The Morgan fingerprint density at radius 1 is 1.40 bits per heavy atom. The highest BCUT2D eigenvalue weighted by Gasteiger charge is 1.94. The van der Waals surface area contributed by atoms with E-state index in [1.54, 1.807) is 19.9 Å². The Hall–Kier alpha value is -1.58. The predicted molar refractivity (Wildman–Crippen MR) is 60.5 cm³/mol. The number of carboxylic acids is 1. The molecule has 4 nitrogen and oxygen atoms in total. The van der Waals surface area contributed by atoms with E-state index in [2.05, 4.69) is 11.9 Å². The maximum atomic E-state index is 10.4. The molecule has 0 unspecified atom stereocenters. The second-order valence-corrected chi connectivity index (χ2v) is 3.14. The highest BCUT2D eigenvalue weighted by atomic mass is 16.4. The van der Waals surface area contributed by atoms with E-state index in [9.17, 15) is 9.59 Å². The molecule has 0 bridgehead atoms. The largest absolute Gasteiger partial charge is 0.478 e. The van der Waals surface area contributed by atoms with Crippen molar-refractivity contribution in [2.75, 3.05) is 0 Å². The molecule has 0 saturated heterocycles. The zero-order valence-electron chi connectivity index (χ0n) is 9.70. The standard InChI is InChI=1S/C6H11NO.C5H8O2/c1-4-6(8)7-5(2)3;1-3-4(2)5(6)7/h4-5H,1H2,2-3H3,(H,7,8);3H,1-2H3,(H,6,7). The van der Waals surface area contributed by atoms with Crippen LogP contribution in [-0.4, -0.2) is 23.0 Å². The van der Waals surface area contributed by atoms with Gasteiger partial charge in [-0.3, -0.25) is 4.79 Å². The first-order valence-corrected chi connectivity index (χ1v) is 4.64. The second-order valence-electron chi connectivity index (χ2n) is 3.14. The average Bonchev–Trinajstić information content (AvgIpc) is 2.16. The van der Waals surface area contributed by atoms with Gasteiger partial charge in [0.05, 0.1) is 0 Å². The summed E-state index contributed by atoms with van der Waals surface area (Å²) in [6.45, 7) is 10.4. The van der Waals surface area contributed by atoms with Gasteiger partial charge in [0.2, 0.25) is 5.91 Å². The predicted octanol–water partition coefficient (Wildman–Crippen LogP) is 1.73. The molecule has 1 amide bonds. The summed E-state index contributed by atoms with van der Waals surface area (Å²) in [6.07, 6.45) is 2.82. The lowest BCUT2D eigenvalue weighted by atomic mass is 10.3. The first-order valence-electron chi connectivity index (χ1n) is 4.64. The highest BCUT2D eigenvalue weighted by molar-refractivity contribution is 5.87. The summed E-state index contributed by atoms with van der Waals surface area (Å²) in [5, 5.41) is 10.7. The summed E-state index contributed by atoms with van der Waals surface area (Å²) in [4.78, 5) is 20.3. The summed E-state index contributed by atoms with van der Waals surface area (Å²) in [7, 11) is 0. The SMILES string of the molecule is C=CC(=O)NC(C)C.CC=C(C)C(=O)O. The topological polar surface area (TPSA) is 66.4 Å². The molecule has 0 saturated carbocycles. The van der Waals surface area contributed by atoms with Gasteiger partial charge in [-0.05, 0) is 33.8 Å². The van der Waals surface area contributed by atoms with E-state index in [1.165, 1.54) is 6.08 Å². The van der Waals surface area contributed by atoms with E-state index in [4.69, 9.17) is 5.11 Å². The van der Waals surface area contributed by atoms with Gasteiger partial charge in [0.15, 0.2) is 0 Å². The maximum absolute atomic E-state index is 10.4. The van der Waals surface area contributed by atoms with Crippen LogP contribution in [0.1, 0.15) is 27.7 Å². The van der Waals surface area contributed by atoms with Crippen molar-refractivity contribution < 1.29 is 14.7 Å². The van der Waals surface area contributed by atoms with Gasteiger partial charge in [0.1, 0.15) is 0 Å². The van der Waals surface area contributed by atoms with Crippen LogP contribution >= 0.6 is 0 Å². The van der Waals surface area contributed by atoms with E-state index < -0.39 is 5.97 Å². The van der Waals surface area contributed by atoms with E-state index in [-0.39, 0.29) is 11.9 Å². The summed E-state index contributed by atoms with van der Waals surface area (Å²) < 4.78 is 0. The first-order chi connectivity index (χ1) is 6.84. The Morgan fingerprint density at radius 2 is 1.87 bits per heavy atom. The van der Waals surface area contributed by atoms with Crippen molar-refractivity contribution >= 4 is 11.9 Å².